The van der Waals surface area contributed by atoms with Gasteiger partial charge in [-0.15, -0.1) is 11.3 Å². The predicted octanol–water partition coefficient (Wildman–Crippen LogP) is 3.73. The van der Waals surface area contributed by atoms with Gasteiger partial charge in [0.05, 0.1) is 10.7 Å². The standard InChI is InChI=1S/C14H24N2S/c1-11(2)13-10-17-14(16-13)8-9-15-12-6-4-3-5-7-12/h10-12,15H,3-9H2,1-2H3. The van der Waals surface area contributed by atoms with E-state index in [1.807, 2.05) is 11.3 Å². The van der Waals surface area contributed by atoms with E-state index in [1.165, 1.54) is 42.8 Å². The highest BCUT2D eigenvalue weighted by Crippen LogP contribution is 2.19. The number of aromatic nitrogens is 1. The van der Waals surface area contributed by atoms with Crippen LogP contribution in [0.15, 0.2) is 5.38 Å². The average Bonchev–Trinajstić information content (AvgIpc) is 2.79. The minimum Gasteiger partial charge on any atom is -0.314 e. The van der Waals surface area contributed by atoms with Gasteiger partial charge in [0.15, 0.2) is 0 Å². The van der Waals surface area contributed by atoms with Crippen molar-refractivity contribution in [1.82, 2.24) is 10.3 Å². The van der Waals surface area contributed by atoms with E-state index in [1.54, 1.807) is 0 Å². The van der Waals surface area contributed by atoms with Crippen LogP contribution in [0.3, 0.4) is 0 Å². The lowest BCUT2D eigenvalue weighted by Crippen LogP contribution is -2.32. The quantitative estimate of drug-likeness (QED) is 0.863. The molecule has 96 valence electrons. The van der Waals surface area contributed by atoms with Gasteiger partial charge in [0.25, 0.3) is 0 Å². The third-order valence-corrected chi connectivity index (χ3v) is 4.46. The molecule has 17 heavy (non-hydrogen) atoms. The molecule has 1 aliphatic rings. The first-order valence-electron chi connectivity index (χ1n) is 6.93. The van der Waals surface area contributed by atoms with Crippen molar-refractivity contribution in [2.24, 2.45) is 0 Å². The Morgan fingerprint density at radius 2 is 2.12 bits per heavy atom. The van der Waals surface area contributed by atoms with E-state index >= 15 is 0 Å². The van der Waals surface area contributed by atoms with E-state index in [0.717, 1.165) is 19.0 Å². The van der Waals surface area contributed by atoms with Gasteiger partial charge >= 0.3 is 0 Å². The summed E-state index contributed by atoms with van der Waals surface area (Å²) in [6.45, 7) is 5.51. The van der Waals surface area contributed by atoms with Crippen LogP contribution in [0.5, 0.6) is 0 Å². The summed E-state index contributed by atoms with van der Waals surface area (Å²) in [7, 11) is 0. The van der Waals surface area contributed by atoms with Crippen LogP contribution in [0.1, 0.15) is 62.6 Å². The van der Waals surface area contributed by atoms with Crippen molar-refractivity contribution in [3.05, 3.63) is 16.1 Å². The highest BCUT2D eigenvalue weighted by Gasteiger charge is 2.12. The molecular weight excluding hydrogens is 228 g/mol. The van der Waals surface area contributed by atoms with E-state index in [-0.39, 0.29) is 0 Å². The summed E-state index contributed by atoms with van der Waals surface area (Å²) in [5.74, 6) is 0.561. The van der Waals surface area contributed by atoms with Crippen LogP contribution in [0.4, 0.5) is 0 Å². The Kier molecular flexibility index (Phi) is 4.99. The second-order valence-electron chi connectivity index (χ2n) is 5.36. The molecule has 1 fully saturated rings. The van der Waals surface area contributed by atoms with Gasteiger partial charge in [-0.3, -0.25) is 0 Å². The van der Waals surface area contributed by atoms with Crippen LogP contribution in [0, 0.1) is 0 Å². The monoisotopic (exact) mass is 252 g/mol. The molecule has 0 spiro atoms. The molecular formula is C14H24N2S. The summed E-state index contributed by atoms with van der Waals surface area (Å²) < 4.78 is 0. The first-order chi connectivity index (χ1) is 8.25. The van der Waals surface area contributed by atoms with Crippen LogP contribution in [0.25, 0.3) is 0 Å². The van der Waals surface area contributed by atoms with Gasteiger partial charge in [-0.2, -0.15) is 0 Å². The van der Waals surface area contributed by atoms with Gasteiger partial charge in [0.2, 0.25) is 0 Å². The average molecular weight is 252 g/mol. The van der Waals surface area contributed by atoms with E-state index in [2.05, 4.69) is 29.5 Å². The maximum atomic E-state index is 4.67. The van der Waals surface area contributed by atoms with Gasteiger partial charge in [-0.1, -0.05) is 33.1 Å². The largest absolute Gasteiger partial charge is 0.314 e. The van der Waals surface area contributed by atoms with Gasteiger partial charge in [-0.05, 0) is 18.8 Å². The first kappa shape index (κ1) is 13.0. The molecule has 2 rings (SSSR count). The Morgan fingerprint density at radius 1 is 1.35 bits per heavy atom. The van der Waals surface area contributed by atoms with Crippen LogP contribution in [-0.2, 0) is 6.42 Å². The molecule has 3 heteroatoms. The lowest BCUT2D eigenvalue weighted by molar-refractivity contribution is 0.375. The van der Waals surface area contributed by atoms with Crippen molar-refractivity contribution in [2.45, 2.75) is 64.3 Å². The molecule has 1 aliphatic carbocycles. The fourth-order valence-electron chi connectivity index (χ4n) is 2.40. The highest BCUT2D eigenvalue weighted by molar-refractivity contribution is 7.09. The molecule has 0 radical (unpaired) electrons. The molecule has 0 saturated heterocycles. The lowest BCUT2D eigenvalue weighted by atomic mass is 9.95. The fraction of sp³-hybridized carbons (Fsp3) is 0.786. The Labute approximate surface area is 109 Å². The molecule has 1 heterocycles. The molecule has 0 atom stereocenters. The zero-order valence-corrected chi connectivity index (χ0v) is 11.9. The summed E-state index contributed by atoms with van der Waals surface area (Å²) in [6.07, 6.45) is 8.08. The molecule has 1 saturated carbocycles. The zero-order valence-electron chi connectivity index (χ0n) is 11.0. The Hall–Kier alpha value is -0.410. The van der Waals surface area contributed by atoms with Crippen LogP contribution in [0.2, 0.25) is 0 Å². The van der Waals surface area contributed by atoms with E-state index in [0.29, 0.717) is 5.92 Å². The number of hydrogen-bond donors (Lipinski definition) is 1. The van der Waals surface area contributed by atoms with Crippen molar-refractivity contribution in [2.75, 3.05) is 6.54 Å². The summed E-state index contributed by atoms with van der Waals surface area (Å²) in [5, 5.41) is 7.17. The van der Waals surface area contributed by atoms with E-state index in [4.69, 9.17) is 0 Å². The van der Waals surface area contributed by atoms with Gasteiger partial charge in [0, 0.05) is 24.4 Å². The lowest BCUT2D eigenvalue weighted by Gasteiger charge is -2.22. The number of thiazole rings is 1. The Bertz CT molecular complexity index is 327. The van der Waals surface area contributed by atoms with Crippen LogP contribution >= 0.6 is 11.3 Å². The second-order valence-corrected chi connectivity index (χ2v) is 6.30. The molecule has 2 nitrogen and oxygen atoms in total. The SMILES string of the molecule is CC(C)c1csc(CCNC2CCCCC2)n1. The highest BCUT2D eigenvalue weighted by atomic mass is 32.1. The Balaban J connectivity index is 1.70. The van der Waals surface area contributed by atoms with E-state index < -0.39 is 0 Å². The zero-order chi connectivity index (χ0) is 12.1. The predicted molar refractivity (Wildman–Crippen MR) is 74.8 cm³/mol. The summed E-state index contributed by atoms with van der Waals surface area (Å²) >= 11 is 1.81. The fourth-order valence-corrected chi connectivity index (χ4v) is 3.35. The molecule has 0 bridgehead atoms. The van der Waals surface area contributed by atoms with Crippen molar-refractivity contribution in [3.63, 3.8) is 0 Å². The molecule has 0 aromatic carbocycles. The molecule has 0 amide bonds. The van der Waals surface area contributed by atoms with Gasteiger partial charge in [0.1, 0.15) is 0 Å². The second kappa shape index (κ2) is 6.50. The van der Waals surface area contributed by atoms with Gasteiger partial charge < -0.3 is 5.32 Å². The maximum Gasteiger partial charge on any atom is 0.0941 e. The third kappa shape index (κ3) is 4.07. The van der Waals surface area contributed by atoms with Crippen LogP contribution < -0.4 is 5.32 Å². The maximum absolute atomic E-state index is 4.67. The molecule has 1 aromatic rings. The smallest absolute Gasteiger partial charge is 0.0941 e. The first-order valence-corrected chi connectivity index (χ1v) is 7.81. The molecule has 1 N–H and O–H groups in total. The number of rotatable bonds is 5. The minimum absolute atomic E-state index is 0.561. The van der Waals surface area contributed by atoms with Crippen molar-refractivity contribution >= 4 is 11.3 Å². The number of nitrogens with zero attached hydrogens (tertiary/aromatic N) is 1. The van der Waals surface area contributed by atoms with Crippen LogP contribution in [-0.4, -0.2) is 17.6 Å². The molecule has 0 unspecified atom stereocenters. The van der Waals surface area contributed by atoms with Crippen molar-refractivity contribution in [3.8, 4) is 0 Å². The summed E-state index contributed by atoms with van der Waals surface area (Å²) in [4.78, 5) is 4.67. The topological polar surface area (TPSA) is 24.9 Å². The number of nitrogens with one attached hydrogen (secondary N) is 1. The summed E-state index contributed by atoms with van der Waals surface area (Å²) in [6, 6.07) is 0.772. The van der Waals surface area contributed by atoms with Crippen molar-refractivity contribution < 1.29 is 0 Å². The summed E-state index contributed by atoms with van der Waals surface area (Å²) in [5.41, 5.74) is 1.25. The normalized spacial score (nSPS) is 17.8. The third-order valence-electron chi connectivity index (χ3n) is 3.54. The molecule has 1 aromatic heterocycles. The van der Waals surface area contributed by atoms with E-state index in [9.17, 15) is 0 Å². The molecule has 0 aliphatic heterocycles. The van der Waals surface area contributed by atoms with Gasteiger partial charge in [-0.25, -0.2) is 4.98 Å². The minimum atomic E-state index is 0.561. The van der Waals surface area contributed by atoms with Crippen molar-refractivity contribution in [1.29, 1.82) is 0 Å². The Morgan fingerprint density at radius 3 is 2.76 bits per heavy atom. The number of hydrogen-bond acceptors (Lipinski definition) is 3.